The Hall–Kier alpha value is -2.67. The number of benzene rings is 1. The topological polar surface area (TPSA) is 68.4 Å². The van der Waals surface area contributed by atoms with Crippen LogP contribution in [0.15, 0.2) is 30.3 Å². The minimum atomic E-state index is -0.370. The van der Waals surface area contributed by atoms with Gasteiger partial charge in [-0.2, -0.15) is 0 Å². The summed E-state index contributed by atoms with van der Waals surface area (Å²) in [5, 5.41) is 3.11. The van der Waals surface area contributed by atoms with Crippen LogP contribution in [-0.2, 0) is 13.0 Å². The largest absolute Gasteiger partial charge is 0.354 e. The highest BCUT2D eigenvalue weighted by molar-refractivity contribution is 5.94. The second-order valence-corrected chi connectivity index (χ2v) is 11.6. The summed E-state index contributed by atoms with van der Waals surface area (Å²) in [7, 11) is 0. The van der Waals surface area contributed by atoms with Crippen molar-refractivity contribution in [1.29, 1.82) is 0 Å². The molecule has 2 amide bonds. The van der Waals surface area contributed by atoms with Crippen molar-refractivity contribution in [2.45, 2.75) is 89.6 Å². The molecule has 6 nitrogen and oxygen atoms in total. The van der Waals surface area contributed by atoms with Gasteiger partial charge >= 0.3 is 0 Å². The molecule has 0 radical (unpaired) electrons. The van der Waals surface area contributed by atoms with E-state index in [1.54, 1.807) is 12.1 Å². The molecule has 1 aliphatic carbocycles. The standard InChI is InChI=1S/C31H43FN4O2/c32-26-10-7-9-24(20-26)31(38)35-17-13-23(14-18-35)8-5-6-16-33-30(37)29-21-25-22-36(19-15-28(25)34-29)27-11-3-1-2-4-12-27/h7,9-10,20-21,23,27,34H,1-6,8,11-19,22H2,(H,33,37). The van der Waals surface area contributed by atoms with E-state index in [0.717, 1.165) is 64.7 Å². The molecular formula is C31H43FN4O2. The predicted octanol–water partition coefficient (Wildman–Crippen LogP) is 5.69. The number of nitrogens with one attached hydrogen (secondary N) is 2. The minimum absolute atomic E-state index is 0.00425. The summed E-state index contributed by atoms with van der Waals surface area (Å²) in [5.41, 5.74) is 3.67. The summed E-state index contributed by atoms with van der Waals surface area (Å²) >= 11 is 0. The van der Waals surface area contributed by atoms with Crippen LogP contribution in [-0.4, -0.2) is 58.8 Å². The van der Waals surface area contributed by atoms with E-state index in [9.17, 15) is 14.0 Å². The number of carbonyl (C=O) groups excluding carboxylic acids is 2. The van der Waals surface area contributed by atoms with Crippen molar-refractivity contribution in [3.8, 4) is 0 Å². The molecule has 3 heterocycles. The molecule has 3 aliphatic rings. The van der Waals surface area contributed by atoms with Crippen LogP contribution in [0.25, 0.3) is 0 Å². The van der Waals surface area contributed by atoms with Crippen molar-refractivity contribution >= 4 is 11.8 Å². The van der Waals surface area contributed by atoms with Crippen molar-refractivity contribution in [1.82, 2.24) is 20.1 Å². The summed E-state index contributed by atoms with van der Waals surface area (Å²) in [6, 6.07) is 8.74. The molecule has 1 aromatic heterocycles. The number of rotatable bonds is 8. The Morgan fingerprint density at radius 3 is 2.53 bits per heavy atom. The van der Waals surface area contributed by atoms with Crippen LogP contribution in [0.3, 0.4) is 0 Å². The van der Waals surface area contributed by atoms with Gasteiger partial charge in [-0.15, -0.1) is 0 Å². The monoisotopic (exact) mass is 522 g/mol. The smallest absolute Gasteiger partial charge is 0.267 e. The van der Waals surface area contributed by atoms with Crippen LogP contribution in [0.5, 0.6) is 0 Å². The van der Waals surface area contributed by atoms with Gasteiger partial charge in [0.2, 0.25) is 0 Å². The third-order valence-electron chi connectivity index (χ3n) is 8.90. The van der Waals surface area contributed by atoms with Gasteiger partial charge in [0.15, 0.2) is 0 Å². The number of fused-ring (bicyclic) bond motifs is 1. The number of likely N-dealkylation sites (tertiary alicyclic amines) is 1. The molecule has 38 heavy (non-hydrogen) atoms. The molecule has 0 spiro atoms. The first kappa shape index (κ1) is 26.9. The molecule has 0 atom stereocenters. The second-order valence-electron chi connectivity index (χ2n) is 11.6. The zero-order chi connectivity index (χ0) is 26.3. The molecule has 2 aromatic rings. The third kappa shape index (κ3) is 6.85. The van der Waals surface area contributed by atoms with Crippen LogP contribution >= 0.6 is 0 Å². The lowest BCUT2D eigenvalue weighted by atomic mass is 9.91. The van der Waals surface area contributed by atoms with Gasteiger partial charge in [-0.3, -0.25) is 14.5 Å². The Morgan fingerprint density at radius 2 is 1.76 bits per heavy atom. The Bertz CT molecular complexity index is 1080. The maximum Gasteiger partial charge on any atom is 0.267 e. The number of amides is 2. The number of nitrogens with zero attached hydrogens (tertiary/aromatic N) is 2. The van der Waals surface area contributed by atoms with Gasteiger partial charge in [0.1, 0.15) is 11.5 Å². The van der Waals surface area contributed by atoms with E-state index < -0.39 is 0 Å². The van der Waals surface area contributed by atoms with Gasteiger partial charge in [-0.05, 0) is 67.9 Å². The quantitative estimate of drug-likeness (QED) is 0.346. The van der Waals surface area contributed by atoms with Gasteiger partial charge in [0.25, 0.3) is 11.8 Å². The van der Waals surface area contributed by atoms with Crippen LogP contribution < -0.4 is 5.32 Å². The van der Waals surface area contributed by atoms with Crippen molar-refractivity contribution in [3.63, 3.8) is 0 Å². The number of H-pyrrole nitrogens is 1. The number of carbonyl (C=O) groups is 2. The van der Waals surface area contributed by atoms with E-state index >= 15 is 0 Å². The first-order valence-corrected chi connectivity index (χ1v) is 14.8. The van der Waals surface area contributed by atoms with Crippen LogP contribution in [0.4, 0.5) is 4.39 Å². The van der Waals surface area contributed by atoms with E-state index in [0.29, 0.717) is 29.8 Å². The lowest BCUT2D eigenvalue weighted by molar-refractivity contribution is 0.0685. The summed E-state index contributed by atoms with van der Waals surface area (Å²) in [6.07, 6.45) is 14.2. The molecule has 2 aliphatic heterocycles. The first-order chi connectivity index (χ1) is 18.6. The van der Waals surface area contributed by atoms with Crippen molar-refractivity contribution in [2.75, 3.05) is 26.2 Å². The van der Waals surface area contributed by atoms with E-state index in [4.69, 9.17) is 0 Å². The zero-order valence-electron chi connectivity index (χ0n) is 22.7. The van der Waals surface area contributed by atoms with Crippen LogP contribution in [0.2, 0.25) is 0 Å². The van der Waals surface area contributed by atoms with E-state index in [1.165, 1.54) is 61.9 Å². The van der Waals surface area contributed by atoms with Crippen LogP contribution in [0.1, 0.15) is 103 Å². The third-order valence-corrected chi connectivity index (χ3v) is 8.90. The Labute approximate surface area is 226 Å². The number of aromatic nitrogens is 1. The number of hydrogen-bond donors (Lipinski definition) is 2. The summed E-state index contributed by atoms with van der Waals surface area (Å²) in [4.78, 5) is 33.3. The summed E-state index contributed by atoms with van der Waals surface area (Å²) < 4.78 is 13.4. The molecular weight excluding hydrogens is 479 g/mol. The number of unbranched alkanes of at least 4 members (excludes halogenated alkanes) is 1. The van der Waals surface area contributed by atoms with E-state index in [1.807, 2.05) is 4.90 Å². The molecule has 206 valence electrons. The first-order valence-electron chi connectivity index (χ1n) is 14.8. The lowest BCUT2D eigenvalue weighted by Gasteiger charge is -2.34. The van der Waals surface area contributed by atoms with Gasteiger partial charge in [0.05, 0.1) is 0 Å². The number of hydrogen-bond acceptors (Lipinski definition) is 3. The SMILES string of the molecule is O=C(NCCCCC1CCN(C(=O)c2cccc(F)c2)CC1)c1cc2c([nH]1)CCN(C1CCCCCC1)C2. The number of aromatic amines is 1. The molecule has 1 aromatic carbocycles. The highest BCUT2D eigenvalue weighted by atomic mass is 19.1. The summed E-state index contributed by atoms with van der Waals surface area (Å²) in [5.74, 6) is 0.164. The maximum atomic E-state index is 13.4. The van der Waals surface area contributed by atoms with Crippen molar-refractivity contribution in [2.24, 2.45) is 5.92 Å². The average Bonchev–Trinajstić information content (AvgIpc) is 3.18. The predicted molar refractivity (Wildman–Crippen MR) is 148 cm³/mol. The molecule has 5 rings (SSSR count). The molecule has 1 saturated heterocycles. The number of halogens is 1. The van der Waals surface area contributed by atoms with Crippen molar-refractivity contribution < 1.29 is 14.0 Å². The lowest BCUT2D eigenvalue weighted by Crippen LogP contribution is -2.38. The fraction of sp³-hybridized carbons (Fsp3) is 0.613. The Balaban J connectivity index is 0.987. The highest BCUT2D eigenvalue weighted by Gasteiger charge is 2.27. The Morgan fingerprint density at radius 1 is 0.974 bits per heavy atom. The van der Waals surface area contributed by atoms with Gasteiger partial charge in [-0.1, -0.05) is 44.6 Å². The molecule has 1 saturated carbocycles. The summed E-state index contributed by atoms with van der Waals surface area (Å²) in [6.45, 7) is 4.21. The number of piperidine rings is 1. The van der Waals surface area contributed by atoms with Crippen LogP contribution in [0, 0.1) is 11.7 Å². The van der Waals surface area contributed by atoms with E-state index in [2.05, 4.69) is 21.3 Å². The Kier molecular flexibility index (Phi) is 9.15. The van der Waals surface area contributed by atoms with Gasteiger partial charge < -0.3 is 15.2 Å². The fourth-order valence-electron chi connectivity index (χ4n) is 6.60. The van der Waals surface area contributed by atoms with Gasteiger partial charge in [-0.25, -0.2) is 4.39 Å². The minimum Gasteiger partial charge on any atom is -0.354 e. The average molecular weight is 523 g/mol. The fourth-order valence-corrected chi connectivity index (χ4v) is 6.60. The molecule has 0 unspecified atom stereocenters. The molecule has 2 N–H and O–H groups in total. The molecule has 7 heteroatoms. The van der Waals surface area contributed by atoms with Crippen molar-refractivity contribution in [3.05, 3.63) is 58.7 Å². The normalized spacial score (nSPS) is 19.7. The highest BCUT2D eigenvalue weighted by Crippen LogP contribution is 2.28. The second kappa shape index (κ2) is 12.9. The zero-order valence-corrected chi connectivity index (χ0v) is 22.7. The maximum absolute atomic E-state index is 13.4. The van der Waals surface area contributed by atoms with Gasteiger partial charge in [0, 0.05) is 56.4 Å². The molecule has 0 bridgehead atoms. The van der Waals surface area contributed by atoms with E-state index in [-0.39, 0.29) is 17.6 Å². The molecule has 2 fully saturated rings.